The van der Waals surface area contributed by atoms with Crippen molar-refractivity contribution in [3.8, 4) is 0 Å². The van der Waals surface area contributed by atoms with Gasteiger partial charge in [-0.25, -0.2) is 8.42 Å². The summed E-state index contributed by atoms with van der Waals surface area (Å²) in [6.07, 6.45) is 0.469. The van der Waals surface area contributed by atoms with Crippen LogP contribution in [-0.2, 0) is 9.84 Å². The molecule has 1 saturated heterocycles. The SMILES string of the molecule is O=C(N[C@@H]1CCS(=O)(=O)C1)c1n[nH]c2ccccc12. The summed E-state index contributed by atoms with van der Waals surface area (Å²) in [6, 6.07) is 7.01. The Balaban J connectivity index is 1.81. The number of carbonyl (C=O) groups is 1. The molecule has 3 rings (SSSR count). The highest BCUT2D eigenvalue weighted by Gasteiger charge is 2.29. The van der Waals surface area contributed by atoms with Crippen molar-refractivity contribution in [3.05, 3.63) is 30.0 Å². The Morgan fingerprint density at radius 2 is 2.16 bits per heavy atom. The molecule has 100 valence electrons. The molecule has 0 spiro atoms. The van der Waals surface area contributed by atoms with Gasteiger partial charge in [-0.1, -0.05) is 18.2 Å². The number of rotatable bonds is 2. The third-order valence-electron chi connectivity index (χ3n) is 3.25. The molecule has 1 aromatic carbocycles. The van der Waals surface area contributed by atoms with E-state index in [9.17, 15) is 13.2 Å². The monoisotopic (exact) mass is 279 g/mol. The fourth-order valence-electron chi connectivity index (χ4n) is 2.30. The molecule has 7 heteroatoms. The Morgan fingerprint density at radius 1 is 1.37 bits per heavy atom. The summed E-state index contributed by atoms with van der Waals surface area (Å²) in [4.78, 5) is 12.1. The van der Waals surface area contributed by atoms with E-state index in [0.29, 0.717) is 12.1 Å². The summed E-state index contributed by atoms with van der Waals surface area (Å²) in [5.41, 5.74) is 1.09. The van der Waals surface area contributed by atoms with Gasteiger partial charge in [-0.15, -0.1) is 0 Å². The van der Waals surface area contributed by atoms with Crippen LogP contribution in [0.2, 0.25) is 0 Å². The van der Waals surface area contributed by atoms with E-state index in [2.05, 4.69) is 15.5 Å². The average molecular weight is 279 g/mol. The minimum absolute atomic E-state index is 0.0150. The molecule has 1 aromatic heterocycles. The fourth-order valence-corrected chi connectivity index (χ4v) is 3.97. The van der Waals surface area contributed by atoms with Gasteiger partial charge in [0.25, 0.3) is 5.91 Å². The number of nitrogens with zero attached hydrogens (tertiary/aromatic N) is 1. The highest BCUT2D eigenvalue weighted by atomic mass is 32.2. The molecule has 1 fully saturated rings. The summed E-state index contributed by atoms with van der Waals surface area (Å²) >= 11 is 0. The van der Waals surface area contributed by atoms with Gasteiger partial charge in [0.2, 0.25) is 0 Å². The first-order valence-electron chi connectivity index (χ1n) is 5.99. The number of benzene rings is 1. The topological polar surface area (TPSA) is 91.9 Å². The number of aromatic amines is 1. The number of fused-ring (bicyclic) bond motifs is 1. The number of hydrogen-bond acceptors (Lipinski definition) is 4. The Morgan fingerprint density at radius 3 is 2.89 bits per heavy atom. The van der Waals surface area contributed by atoms with E-state index < -0.39 is 9.84 Å². The van der Waals surface area contributed by atoms with Crippen LogP contribution < -0.4 is 5.32 Å². The van der Waals surface area contributed by atoms with Gasteiger partial charge in [-0.3, -0.25) is 9.89 Å². The van der Waals surface area contributed by atoms with Crippen LogP contribution in [0.1, 0.15) is 16.9 Å². The molecule has 6 nitrogen and oxygen atoms in total. The van der Waals surface area contributed by atoms with Gasteiger partial charge >= 0.3 is 0 Å². The molecular formula is C12H13N3O3S. The Labute approximate surface area is 110 Å². The van der Waals surface area contributed by atoms with E-state index in [-0.39, 0.29) is 23.5 Å². The quantitative estimate of drug-likeness (QED) is 0.836. The number of nitrogens with one attached hydrogen (secondary N) is 2. The minimum atomic E-state index is -3.00. The van der Waals surface area contributed by atoms with Crippen molar-refractivity contribution in [2.24, 2.45) is 0 Å². The van der Waals surface area contributed by atoms with Gasteiger partial charge < -0.3 is 5.32 Å². The Hall–Kier alpha value is -1.89. The molecule has 19 heavy (non-hydrogen) atoms. The number of carbonyl (C=O) groups excluding carboxylic acids is 1. The molecular weight excluding hydrogens is 266 g/mol. The summed E-state index contributed by atoms with van der Waals surface area (Å²) in [6.45, 7) is 0. The van der Waals surface area contributed by atoms with Crippen molar-refractivity contribution >= 4 is 26.6 Å². The lowest BCUT2D eigenvalue weighted by Gasteiger charge is -2.09. The molecule has 0 saturated carbocycles. The molecule has 1 atom stereocenters. The van der Waals surface area contributed by atoms with Gasteiger partial charge in [-0.2, -0.15) is 5.10 Å². The molecule has 0 radical (unpaired) electrons. The standard InChI is InChI=1S/C12H13N3O3S/c16-12(13-8-5-6-19(17,18)7-8)11-9-3-1-2-4-10(9)14-15-11/h1-4,8H,5-7H2,(H,13,16)(H,14,15)/t8-/m1/s1. The second-order valence-corrected chi connectivity index (χ2v) is 6.92. The molecule has 1 aliphatic rings. The minimum Gasteiger partial charge on any atom is -0.347 e. The number of hydrogen-bond donors (Lipinski definition) is 2. The summed E-state index contributed by atoms with van der Waals surface area (Å²) < 4.78 is 22.7. The van der Waals surface area contributed by atoms with E-state index in [1.54, 1.807) is 6.07 Å². The number of H-pyrrole nitrogens is 1. The molecule has 2 heterocycles. The van der Waals surface area contributed by atoms with Gasteiger partial charge in [0.1, 0.15) is 0 Å². The van der Waals surface area contributed by atoms with Crippen LogP contribution in [0.15, 0.2) is 24.3 Å². The average Bonchev–Trinajstić information content (AvgIpc) is 2.92. The van der Waals surface area contributed by atoms with Crippen LogP contribution in [0.3, 0.4) is 0 Å². The van der Waals surface area contributed by atoms with Crippen LogP contribution in [0.25, 0.3) is 10.9 Å². The smallest absolute Gasteiger partial charge is 0.272 e. The maximum Gasteiger partial charge on any atom is 0.272 e. The molecule has 2 aromatic rings. The predicted octanol–water partition coefficient (Wildman–Crippen LogP) is 0.480. The molecule has 1 amide bonds. The van der Waals surface area contributed by atoms with E-state index >= 15 is 0 Å². The van der Waals surface area contributed by atoms with E-state index in [0.717, 1.165) is 10.9 Å². The normalized spacial score (nSPS) is 21.6. The lowest BCUT2D eigenvalue weighted by Crippen LogP contribution is -2.35. The van der Waals surface area contributed by atoms with Crippen molar-refractivity contribution in [2.45, 2.75) is 12.5 Å². The van der Waals surface area contributed by atoms with Gasteiger partial charge in [0, 0.05) is 11.4 Å². The van der Waals surface area contributed by atoms with E-state index in [1.165, 1.54) is 0 Å². The van der Waals surface area contributed by atoms with Gasteiger partial charge in [0.05, 0.1) is 17.0 Å². The summed E-state index contributed by atoms with van der Waals surface area (Å²) in [5, 5.41) is 10.2. The van der Waals surface area contributed by atoms with Crippen LogP contribution in [0.4, 0.5) is 0 Å². The zero-order valence-electron chi connectivity index (χ0n) is 10.1. The van der Waals surface area contributed by atoms with Crippen LogP contribution in [0.5, 0.6) is 0 Å². The Bertz CT molecular complexity index is 736. The number of sulfone groups is 1. The first-order valence-corrected chi connectivity index (χ1v) is 7.82. The molecule has 0 unspecified atom stereocenters. The lowest BCUT2D eigenvalue weighted by atomic mass is 10.2. The van der Waals surface area contributed by atoms with Crippen molar-refractivity contribution in [1.29, 1.82) is 0 Å². The zero-order valence-corrected chi connectivity index (χ0v) is 10.9. The van der Waals surface area contributed by atoms with E-state index in [4.69, 9.17) is 0 Å². The molecule has 2 N–H and O–H groups in total. The largest absolute Gasteiger partial charge is 0.347 e. The van der Waals surface area contributed by atoms with Crippen LogP contribution in [-0.4, -0.2) is 42.1 Å². The third-order valence-corrected chi connectivity index (χ3v) is 5.02. The highest BCUT2D eigenvalue weighted by molar-refractivity contribution is 7.91. The van der Waals surface area contributed by atoms with Gasteiger partial charge in [0.15, 0.2) is 15.5 Å². The van der Waals surface area contributed by atoms with Crippen molar-refractivity contribution < 1.29 is 13.2 Å². The zero-order chi connectivity index (χ0) is 13.5. The van der Waals surface area contributed by atoms with Crippen LogP contribution in [0, 0.1) is 0 Å². The van der Waals surface area contributed by atoms with Crippen LogP contribution >= 0.6 is 0 Å². The first-order chi connectivity index (χ1) is 9.05. The molecule has 1 aliphatic heterocycles. The molecule has 0 aliphatic carbocycles. The maximum atomic E-state index is 12.1. The fraction of sp³-hybridized carbons (Fsp3) is 0.333. The second-order valence-electron chi connectivity index (χ2n) is 4.69. The third kappa shape index (κ3) is 2.33. The summed E-state index contributed by atoms with van der Waals surface area (Å²) in [5.74, 6) is -0.181. The number of amides is 1. The van der Waals surface area contributed by atoms with Gasteiger partial charge in [-0.05, 0) is 12.5 Å². The molecule has 0 bridgehead atoms. The second kappa shape index (κ2) is 4.34. The maximum absolute atomic E-state index is 12.1. The lowest BCUT2D eigenvalue weighted by molar-refractivity contribution is 0.0937. The van der Waals surface area contributed by atoms with Crippen molar-refractivity contribution in [1.82, 2.24) is 15.5 Å². The van der Waals surface area contributed by atoms with E-state index in [1.807, 2.05) is 18.2 Å². The number of aromatic nitrogens is 2. The first kappa shape index (κ1) is 12.2. The highest BCUT2D eigenvalue weighted by Crippen LogP contribution is 2.16. The number of para-hydroxylation sites is 1. The van der Waals surface area contributed by atoms with Crippen molar-refractivity contribution in [2.75, 3.05) is 11.5 Å². The predicted molar refractivity (Wildman–Crippen MR) is 70.6 cm³/mol. The Kier molecular flexibility index (Phi) is 2.78. The van der Waals surface area contributed by atoms with Crippen molar-refractivity contribution in [3.63, 3.8) is 0 Å². The summed E-state index contributed by atoms with van der Waals surface area (Å²) in [7, 11) is -3.00.